The van der Waals surface area contributed by atoms with E-state index in [4.69, 9.17) is 4.74 Å². The summed E-state index contributed by atoms with van der Waals surface area (Å²) in [6.45, 7) is 3.96. The maximum absolute atomic E-state index is 12.6. The molecule has 0 spiro atoms. The van der Waals surface area contributed by atoms with Gasteiger partial charge in [0.2, 0.25) is 11.8 Å². The number of hydrogen-bond acceptors (Lipinski definition) is 6. The molecule has 2 heterocycles. The van der Waals surface area contributed by atoms with E-state index < -0.39 is 15.9 Å². The van der Waals surface area contributed by atoms with Crippen molar-refractivity contribution in [2.45, 2.75) is 19.4 Å². The Morgan fingerprint density at radius 2 is 1.96 bits per heavy atom. The van der Waals surface area contributed by atoms with Gasteiger partial charge in [0.25, 0.3) is 0 Å². The van der Waals surface area contributed by atoms with Crippen molar-refractivity contribution in [1.29, 1.82) is 0 Å². The van der Waals surface area contributed by atoms with E-state index in [1.807, 2.05) is 24.3 Å². The van der Waals surface area contributed by atoms with Crippen LogP contribution in [0.1, 0.15) is 13.3 Å². The molecular weight excluding hydrogens is 370 g/mol. The molecule has 27 heavy (non-hydrogen) atoms. The predicted molar refractivity (Wildman–Crippen MR) is 103 cm³/mol. The Morgan fingerprint density at radius 3 is 2.59 bits per heavy atom. The summed E-state index contributed by atoms with van der Waals surface area (Å²) in [6.07, 6.45) is 0.375. The van der Waals surface area contributed by atoms with E-state index in [0.717, 1.165) is 18.8 Å². The van der Waals surface area contributed by atoms with Crippen LogP contribution in [-0.4, -0.2) is 75.5 Å². The van der Waals surface area contributed by atoms with Crippen LogP contribution in [0.4, 0.5) is 11.4 Å². The molecule has 2 fully saturated rings. The molecule has 2 amide bonds. The minimum absolute atomic E-state index is 0.0585. The van der Waals surface area contributed by atoms with E-state index >= 15 is 0 Å². The van der Waals surface area contributed by atoms with Gasteiger partial charge in [0.1, 0.15) is 6.54 Å². The van der Waals surface area contributed by atoms with Crippen molar-refractivity contribution in [2.75, 3.05) is 54.6 Å². The first-order valence-electron chi connectivity index (χ1n) is 9.05. The van der Waals surface area contributed by atoms with Crippen molar-refractivity contribution < 1.29 is 22.7 Å². The lowest BCUT2D eigenvalue weighted by molar-refractivity contribution is -0.134. The Bertz CT molecular complexity index is 805. The number of morpholine rings is 1. The second-order valence-electron chi connectivity index (χ2n) is 6.87. The van der Waals surface area contributed by atoms with Gasteiger partial charge >= 0.3 is 0 Å². The third kappa shape index (κ3) is 4.98. The Labute approximate surface area is 159 Å². The first kappa shape index (κ1) is 19.6. The van der Waals surface area contributed by atoms with Crippen LogP contribution in [0.5, 0.6) is 0 Å². The molecule has 1 aromatic carbocycles. The third-order valence-electron chi connectivity index (χ3n) is 4.90. The number of sulfone groups is 1. The van der Waals surface area contributed by atoms with Gasteiger partial charge in [-0.05, 0) is 18.6 Å². The third-order valence-corrected chi connectivity index (χ3v) is 6.65. The Balaban J connectivity index is 1.69. The number of carbonyl (C=O) groups excluding carboxylic acids is 2. The molecule has 1 N–H and O–H groups in total. The fourth-order valence-corrected chi connectivity index (χ4v) is 5.25. The van der Waals surface area contributed by atoms with Crippen molar-refractivity contribution in [1.82, 2.24) is 4.90 Å². The number of nitrogens with one attached hydrogen (secondary N) is 1. The standard InChI is InChI=1S/C18H25N3O5S/c1-14(22)21(15-6-11-27(24,25)13-15)12-18(23)19-16-4-2-3-5-17(16)20-7-9-26-10-8-20/h2-5,15H,6-13H2,1H3,(H,19,23). The van der Waals surface area contributed by atoms with Gasteiger partial charge < -0.3 is 19.9 Å². The topological polar surface area (TPSA) is 96.0 Å². The highest BCUT2D eigenvalue weighted by molar-refractivity contribution is 7.91. The number of carbonyl (C=O) groups is 2. The van der Waals surface area contributed by atoms with Gasteiger partial charge in [-0.1, -0.05) is 12.1 Å². The zero-order valence-corrected chi connectivity index (χ0v) is 16.2. The molecule has 3 rings (SSSR count). The Hall–Kier alpha value is -2.13. The van der Waals surface area contributed by atoms with Crippen LogP contribution in [-0.2, 0) is 24.2 Å². The summed E-state index contributed by atoms with van der Waals surface area (Å²) < 4.78 is 28.8. The smallest absolute Gasteiger partial charge is 0.244 e. The van der Waals surface area contributed by atoms with Gasteiger partial charge in [-0.2, -0.15) is 0 Å². The van der Waals surface area contributed by atoms with Crippen molar-refractivity contribution in [2.24, 2.45) is 0 Å². The second-order valence-corrected chi connectivity index (χ2v) is 9.10. The summed E-state index contributed by atoms with van der Waals surface area (Å²) >= 11 is 0. The number of rotatable bonds is 5. The molecule has 1 aromatic rings. The van der Waals surface area contributed by atoms with Crippen LogP contribution in [0, 0.1) is 0 Å². The summed E-state index contributed by atoms with van der Waals surface area (Å²) in [7, 11) is -3.13. The average molecular weight is 395 g/mol. The number of hydrogen-bond donors (Lipinski definition) is 1. The van der Waals surface area contributed by atoms with Gasteiger partial charge in [0.15, 0.2) is 9.84 Å². The van der Waals surface area contributed by atoms with Crippen LogP contribution in [0.25, 0.3) is 0 Å². The molecule has 2 aliphatic rings. The molecule has 148 valence electrons. The molecule has 0 radical (unpaired) electrons. The van der Waals surface area contributed by atoms with Crippen LogP contribution in [0.2, 0.25) is 0 Å². The molecule has 8 nitrogen and oxygen atoms in total. The molecule has 1 unspecified atom stereocenters. The van der Waals surface area contributed by atoms with E-state index in [9.17, 15) is 18.0 Å². The van der Waals surface area contributed by atoms with Gasteiger partial charge in [-0.3, -0.25) is 9.59 Å². The van der Waals surface area contributed by atoms with Gasteiger partial charge in [-0.15, -0.1) is 0 Å². The van der Waals surface area contributed by atoms with E-state index in [0.29, 0.717) is 25.3 Å². The maximum Gasteiger partial charge on any atom is 0.244 e. The lowest BCUT2D eigenvalue weighted by atomic mass is 10.2. The van der Waals surface area contributed by atoms with Crippen molar-refractivity contribution in [3.8, 4) is 0 Å². The van der Waals surface area contributed by atoms with E-state index in [2.05, 4.69) is 10.2 Å². The first-order chi connectivity index (χ1) is 12.9. The summed E-state index contributed by atoms with van der Waals surface area (Å²) in [4.78, 5) is 28.1. The van der Waals surface area contributed by atoms with E-state index in [1.165, 1.54) is 11.8 Å². The Kier molecular flexibility index (Phi) is 6.01. The molecule has 9 heteroatoms. The van der Waals surface area contributed by atoms with Gasteiger partial charge in [-0.25, -0.2) is 8.42 Å². The molecule has 0 bridgehead atoms. The monoisotopic (exact) mass is 395 g/mol. The highest BCUT2D eigenvalue weighted by Gasteiger charge is 2.34. The van der Waals surface area contributed by atoms with Crippen LogP contribution >= 0.6 is 0 Å². The van der Waals surface area contributed by atoms with Crippen molar-refractivity contribution in [3.05, 3.63) is 24.3 Å². The van der Waals surface area contributed by atoms with Crippen LogP contribution in [0.15, 0.2) is 24.3 Å². The summed E-state index contributed by atoms with van der Waals surface area (Å²) in [5.41, 5.74) is 1.58. The first-order valence-corrected chi connectivity index (χ1v) is 10.9. The molecule has 1 atom stereocenters. The number of anilines is 2. The van der Waals surface area contributed by atoms with Crippen LogP contribution in [0.3, 0.4) is 0 Å². The van der Waals surface area contributed by atoms with Crippen LogP contribution < -0.4 is 10.2 Å². The molecule has 0 aliphatic carbocycles. The lowest BCUT2D eigenvalue weighted by Crippen LogP contribution is -2.44. The zero-order valence-electron chi connectivity index (χ0n) is 15.4. The number of benzene rings is 1. The predicted octanol–water partition coefficient (Wildman–Crippen LogP) is 0.497. The quantitative estimate of drug-likeness (QED) is 0.780. The SMILES string of the molecule is CC(=O)N(CC(=O)Nc1ccccc1N1CCOCC1)C1CCS(=O)(=O)C1. The number of amides is 2. The maximum atomic E-state index is 12.6. The fourth-order valence-electron chi connectivity index (χ4n) is 3.52. The fraction of sp³-hybridized carbons (Fsp3) is 0.556. The highest BCUT2D eigenvalue weighted by atomic mass is 32.2. The van der Waals surface area contributed by atoms with E-state index in [1.54, 1.807) is 0 Å². The minimum atomic E-state index is -3.13. The molecule has 2 aliphatic heterocycles. The normalized spacial score (nSPS) is 21.7. The number of nitrogens with zero attached hydrogens (tertiary/aromatic N) is 2. The summed E-state index contributed by atoms with van der Waals surface area (Å²) in [5, 5.41) is 2.87. The molecule has 2 saturated heterocycles. The second kappa shape index (κ2) is 8.26. The molecule has 0 saturated carbocycles. The minimum Gasteiger partial charge on any atom is -0.378 e. The zero-order chi connectivity index (χ0) is 19.4. The average Bonchev–Trinajstić information content (AvgIpc) is 3.00. The summed E-state index contributed by atoms with van der Waals surface area (Å²) in [5.74, 6) is -0.656. The number of para-hydroxylation sites is 2. The molecular formula is C18H25N3O5S. The number of ether oxygens (including phenoxy) is 1. The van der Waals surface area contributed by atoms with Crippen molar-refractivity contribution >= 4 is 33.0 Å². The van der Waals surface area contributed by atoms with Gasteiger partial charge in [0.05, 0.1) is 36.1 Å². The highest BCUT2D eigenvalue weighted by Crippen LogP contribution is 2.26. The van der Waals surface area contributed by atoms with Gasteiger partial charge in [0, 0.05) is 26.1 Å². The summed E-state index contributed by atoms with van der Waals surface area (Å²) in [6, 6.07) is 7.07. The lowest BCUT2D eigenvalue weighted by Gasteiger charge is -2.31. The molecule has 0 aromatic heterocycles. The van der Waals surface area contributed by atoms with E-state index in [-0.39, 0.29) is 29.9 Å². The largest absolute Gasteiger partial charge is 0.378 e. The van der Waals surface area contributed by atoms with Crippen molar-refractivity contribution in [3.63, 3.8) is 0 Å². The Morgan fingerprint density at radius 1 is 1.26 bits per heavy atom.